The van der Waals surface area contributed by atoms with Gasteiger partial charge in [0, 0.05) is 24.2 Å². The molecule has 3 aromatic rings. The van der Waals surface area contributed by atoms with Crippen LogP contribution in [0, 0.1) is 12.8 Å². The van der Waals surface area contributed by atoms with Crippen LogP contribution in [0.1, 0.15) is 30.1 Å². The third kappa shape index (κ3) is 5.30. The van der Waals surface area contributed by atoms with Crippen LogP contribution in [0.5, 0.6) is 23.0 Å². The van der Waals surface area contributed by atoms with Crippen molar-refractivity contribution in [3.05, 3.63) is 65.9 Å². The van der Waals surface area contributed by atoms with Crippen LogP contribution < -0.4 is 29.2 Å². The normalized spacial score (nSPS) is 17.2. The molecule has 2 heterocycles. The fraction of sp³-hybridized carbons (Fsp3) is 0.321. The molecule has 194 valence electrons. The second kappa shape index (κ2) is 11.2. The van der Waals surface area contributed by atoms with E-state index in [1.165, 1.54) is 21.3 Å². The van der Waals surface area contributed by atoms with Crippen molar-refractivity contribution in [3.8, 4) is 23.0 Å². The molecule has 1 aliphatic heterocycles. The van der Waals surface area contributed by atoms with Gasteiger partial charge in [-0.1, -0.05) is 18.2 Å². The Kier molecular flexibility index (Phi) is 7.81. The molecule has 0 spiro atoms. The number of anilines is 2. The number of hydrogen-bond donors (Lipinski definition) is 1. The van der Waals surface area contributed by atoms with Gasteiger partial charge in [0.2, 0.25) is 17.6 Å². The number of rotatable bonds is 8. The van der Waals surface area contributed by atoms with E-state index in [1.54, 1.807) is 30.2 Å². The lowest BCUT2D eigenvalue weighted by molar-refractivity contribution is -0.125. The molecule has 1 saturated heterocycles. The Morgan fingerprint density at radius 2 is 1.62 bits per heavy atom. The van der Waals surface area contributed by atoms with Crippen molar-refractivity contribution in [1.82, 2.24) is 4.98 Å². The molecule has 9 heteroatoms. The topological polar surface area (TPSA) is 99.2 Å². The molecule has 37 heavy (non-hydrogen) atoms. The number of nitrogens with one attached hydrogen (secondary N) is 1. The number of piperidine rings is 1. The zero-order chi connectivity index (χ0) is 26.5. The average Bonchev–Trinajstić information content (AvgIpc) is 2.92. The standard InChI is InChI=1S/C28H31N3O6/c1-17-7-6-8-24(29-17)30-28(33)21-13-14-25(32)31(26(21)18-9-11-20(34-2)12-10-18)19-15-22(35-3)27(37-5)23(16-19)36-4/h6-12,15-16,21,26H,13-14H2,1-5H3,(H,29,30,33)/t21-,26-/m1/s1. The van der Waals surface area contributed by atoms with E-state index >= 15 is 0 Å². The summed E-state index contributed by atoms with van der Waals surface area (Å²) in [6, 6.07) is 15.7. The fourth-order valence-corrected chi connectivity index (χ4v) is 4.69. The lowest BCUT2D eigenvalue weighted by Gasteiger charge is -2.41. The van der Waals surface area contributed by atoms with E-state index in [2.05, 4.69) is 10.3 Å². The van der Waals surface area contributed by atoms with E-state index in [9.17, 15) is 9.59 Å². The molecule has 0 unspecified atom stereocenters. The molecule has 2 atom stereocenters. The number of pyridine rings is 1. The van der Waals surface area contributed by atoms with Crippen LogP contribution in [0.15, 0.2) is 54.6 Å². The van der Waals surface area contributed by atoms with Gasteiger partial charge >= 0.3 is 0 Å². The summed E-state index contributed by atoms with van der Waals surface area (Å²) in [5.74, 6) is 1.50. The van der Waals surface area contributed by atoms with Gasteiger partial charge in [0.1, 0.15) is 11.6 Å². The Hall–Kier alpha value is -4.27. The number of carbonyl (C=O) groups excluding carboxylic acids is 2. The monoisotopic (exact) mass is 505 g/mol. The summed E-state index contributed by atoms with van der Waals surface area (Å²) < 4.78 is 21.9. The Morgan fingerprint density at radius 1 is 0.946 bits per heavy atom. The van der Waals surface area contributed by atoms with Crippen LogP contribution >= 0.6 is 0 Å². The molecule has 0 bridgehead atoms. The maximum Gasteiger partial charge on any atom is 0.231 e. The van der Waals surface area contributed by atoms with Crippen LogP contribution in [0.4, 0.5) is 11.5 Å². The quantitative estimate of drug-likeness (QED) is 0.480. The van der Waals surface area contributed by atoms with Crippen LogP contribution in [-0.4, -0.2) is 45.2 Å². The number of methoxy groups -OCH3 is 4. The van der Waals surface area contributed by atoms with Crippen molar-refractivity contribution < 1.29 is 28.5 Å². The largest absolute Gasteiger partial charge is 0.497 e. The first-order valence-corrected chi connectivity index (χ1v) is 11.9. The van der Waals surface area contributed by atoms with Gasteiger partial charge in [-0.25, -0.2) is 4.98 Å². The highest BCUT2D eigenvalue weighted by molar-refractivity contribution is 6.00. The Labute approximate surface area is 216 Å². The molecule has 0 aliphatic carbocycles. The number of carbonyl (C=O) groups is 2. The van der Waals surface area contributed by atoms with E-state index < -0.39 is 12.0 Å². The van der Waals surface area contributed by atoms with Crippen molar-refractivity contribution in [2.75, 3.05) is 38.7 Å². The average molecular weight is 506 g/mol. The fourth-order valence-electron chi connectivity index (χ4n) is 4.69. The molecule has 2 aromatic carbocycles. The SMILES string of the molecule is COc1ccc([C@@H]2[C@H](C(=O)Nc3cccc(C)n3)CCC(=O)N2c2cc(OC)c(OC)c(OC)c2)cc1. The summed E-state index contributed by atoms with van der Waals surface area (Å²) >= 11 is 0. The van der Waals surface area contributed by atoms with E-state index in [0.717, 1.165) is 11.3 Å². The second-order valence-corrected chi connectivity index (χ2v) is 8.66. The minimum Gasteiger partial charge on any atom is -0.497 e. The number of aryl methyl sites for hydroxylation is 1. The molecule has 0 saturated carbocycles. The number of aromatic nitrogens is 1. The molecular weight excluding hydrogens is 474 g/mol. The number of ether oxygens (including phenoxy) is 4. The molecule has 1 aliphatic rings. The van der Waals surface area contributed by atoms with Gasteiger partial charge in [-0.3, -0.25) is 9.59 Å². The molecule has 1 N–H and O–H groups in total. The first-order valence-electron chi connectivity index (χ1n) is 11.9. The summed E-state index contributed by atoms with van der Waals surface area (Å²) in [7, 11) is 6.15. The summed E-state index contributed by atoms with van der Waals surface area (Å²) in [6.07, 6.45) is 0.580. The molecule has 2 amide bonds. The Bertz CT molecular complexity index is 1250. The van der Waals surface area contributed by atoms with Crippen molar-refractivity contribution in [2.24, 2.45) is 5.92 Å². The first-order chi connectivity index (χ1) is 17.9. The maximum absolute atomic E-state index is 13.6. The highest BCUT2D eigenvalue weighted by Crippen LogP contribution is 2.46. The molecule has 9 nitrogen and oxygen atoms in total. The molecular formula is C28H31N3O6. The summed E-state index contributed by atoms with van der Waals surface area (Å²) in [5, 5.41) is 2.94. The van der Waals surface area contributed by atoms with E-state index in [-0.39, 0.29) is 18.2 Å². The van der Waals surface area contributed by atoms with Crippen LogP contribution in [-0.2, 0) is 9.59 Å². The van der Waals surface area contributed by atoms with Gasteiger partial charge in [-0.2, -0.15) is 0 Å². The molecule has 4 rings (SSSR count). The number of hydrogen-bond acceptors (Lipinski definition) is 7. The third-order valence-electron chi connectivity index (χ3n) is 6.46. The number of nitrogens with zero attached hydrogens (tertiary/aromatic N) is 2. The van der Waals surface area contributed by atoms with E-state index in [0.29, 0.717) is 40.9 Å². The smallest absolute Gasteiger partial charge is 0.231 e. The predicted molar refractivity (Wildman–Crippen MR) is 140 cm³/mol. The Balaban J connectivity index is 1.81. The van der Waals surface area contributed by atoms with Crippen LogP contribution in [0.25, 0.3) is 0 Å². The minimum atomic E-state index is -0.597. The van der Waals surface area contributed by atoms with Crippen molar-refractivity contribution >= 4 is 23.3 Å². The third-order valence-corrected chi connectivity index (χ3v) is 6.46. The highest BCUT2D eigenvalue weighted by atomic mass is 16.5. The van der Waals surface area contributed by atoms with Gasteiger partial charge < -0.3 is 29.2 Å². The lowest BCUT2D eigenvalue weighted by atomic mass is 9.83. The van der Waals surface area contributed by atoms with Gasteiger partial charge in [-0.15, -0.1) is 0 Å². The zero-order valence-electron chi connectivity index (χ0n) is 21.6. The number of benzene rings is 2. The van der Waals surface area contributed by atoms with E-state index in [1.807, 2.05) is 43.3 Å². The summed E-state index contributed by atoms with van der Waals surface area (Å²) in [5.41, 5.74) is 2.12. The number of amides is 2. The van der Waals surface area contributed by atoms with Crippen molar-refractivity contribution in [1.29, 1.82) is 0 Å². The van der Waals surface area contributed by atoms with Crippen LogP contribution in [0.2, 0.25) is 0 Å². The molecule has 1 fully saturated rings. The highest BCUT2D eigenvalue weighted by Gasteiger charge is 2.42. The second-order valence-electron chi connectivity index (χ2n) is 8.66. The summed E-state index contributed by atoms with van der Waals surface area (Å²) in [6.45, 7) is 1.86. The molecule has 0 radical (unpaired) electrons. The lowest BCUT2D eigenvalue weighted by Crippen LogP contribution is -2.47. The van der Waals surface area contributed by atoms with Crippen molar-refractivity contribution in [2.45, 2.75) is 25.8 Å². The Morgan fingerprint density at radius 3 is 2.19 bits per heavy atom. The zero-order valence-corrected chi connectivity index (χ0v) is 21.6. The van der Waals surface area contributed by atoms with Crippen molar-refractivity contribution in [3.63, 3.8) is 0 Å². The maximum atomic E-state index is 13.6. The summed E-state index contributed by atoms with van der Waals surface area (Å²) in [4.78, 5) is 33.2. The van der Waals surface area contributed by atoms with Gasteiger partial charge in [-0.05, 0) is 43.2 Å². The molecule has 1 aromatic heterocycles. The van der Waals surface area contributed by atoms with Crippen LogP contribution in [0.3, 0.4) is 0 Å². The first kappa shape index (κ1) is 25.8. The predicted octanol–water partition coefficient (Wildman–Crippen LogP) is 4.55. The van der Waals surface area contributed by atoms with Gasteiger partial charge in [0.25, 0.3) is 0 Å². The van der Waals surface area contributed by atoms with E-state index in [4.69, 9.17) is 18.9 Å². The van der Waals surface area contributed by atoms with Gasteiger partial charge in [0.05, 0.1) is 46.1 Å². The van der Waals surface area contributed by atoms with Gasteiger partial charge in [0.15, 0.2) is 11.5 Å². The minimum absolute atomic E-state index is 0.118.